The molecule has 1 spiro atoms. The van der Waals surface area contributed by atoms with Crippen molar-refractivity contribution in [2.45, 2.75) is 43.7 Å². The highest BCUT2D eigenvalue weighted by Crippen LogP contribution is 2.51. The molecule has 4 heterocycles. The Morgan fingerprint density at radius 1 is 1.18 bits per heavy atom. The van der Waals surface area contributed by atoms with Crippen molar-refractivity contribution in [3.63, 3.8) is 0 Å². The SMILES string of the molecule is CC(c1ccc(C(F)(F)F)cn1)N1CCC2(CC1)OC(c1cc(Cl)cc[n+]1[O-])c1ccccc12. The van der Waals surface area contributed by atoms with Crippen LogP contribution in [0.2, 0.25) is 5.02 Å². The van der Waals surface area contributed by atoms with Crippen molar-refractivity contribution < 1.29 is 22.6 Å². The van der Waals surface area contributed by atoms with Gasteiger partial charge in [-0.3, -0.25) is 9.88 Å². The Hall–Kier alpha value is -2.68. The third-order valence-electron chi connectivity index (χ3n) is 6.95. The van der Waals surface area contributed by atoms with E-state index in [9.17, 15) is 18.4 Å². The van der Waals surface area contributed by atoms with Crippen molar-refractivity contribution in [3.05, 3.63) is 99.2 Å². The smallest absolute Gasteiger partial charge is 0.417 e. The van der Waals surface area contributed by atoms with E-state index in [1.54, 1.807) is 12.1 Å². The Morgan fingerprint density at radius 2 is 1.91 bits per heavy atom. The highest BCUT2D eigenvalue weighted by Gasteiger charge is 2.49. The van der Waals surface area contributed by atoms with Crippen LogP contribution in [0.4, 0.5) is 13.2 Å². The Balaban J connectivity index is 1.36. The number of likely N-dealkylation sites (tertiary alicyclic amines) is 1. The highest BCUT2D eigenvalue weighted by molar-refractivity contribution is 6.30. The van der Waals surface area contributed by atoms with E-state index in [0.29, 0.717) is 42.3 Å². The predicted octanol–water partition coefficient (Wildman–Crippen LogP) is 5.56. The van der Waals surface area contributed by atoms with E-state index < -0.39 is 23.4 Å². The lowest BCUT2D eigenvalue weighted by Crippen LogP contribution is -2.44. The number of halogens is 4. The number of aromatic nitrogens is 2. The van der Waals surface area contributed by atoms with E-state index in [4.69, 9.17) is 16.3 Å². The van der Waals surface area contributed by atoms with Crippen LogP contribution in [0.5, 0.6) is 0 Å². The van der Waals surface area contributed by atoms with Gasteiger partial charge in [0.2, 0.25) is 5.69 Å². The first-order valence-corrected chi connectivity index (χ1v) is 11.5. The normalized spacial score (nSPS) is 20.9. The first-order valence-electron chi connectivity index (χ1n) is 11.1. The molecule has 5 nitrogen and oxygen atoms in total. The monoisotopic (exact) mass is 489 g/mol. The number of nitrogens with zero attached hydrogens (tertiary/aromatic N) is 3. The van der Waals surface area contributed by atoms with Gasteiger partial charge in [-0.25, -0.2) is 0 Å². The summed E-state index contributed by atoms with van der Waals surface area (Å²) >= 11 is 6.16. The zero-order valence-corrected chi connectivity index (χ0v) is 19.2. The van der Waals surface area contributed by atoms with E-state index >= 15 is 0 Å². The van der Waals surface area contributed by atoms with Crippen molar-refractivity contribution >= 4 is 11.6 Å². The third kappa shape index (κ3) is 4.04. The molecule has 2 aliphatic heterocycles. The van der Waals surface area contributed by atoms with Crippen molar-refractivity contribution in [2.75, 3.05) is 13.1 Å². The summed E-state index contributed by atoms with van der Waals surface area (Å²) in [5, 5.41) is 13.0. The van der Waals surface area contributed by atoms with Gasteiger partial charge in [-0.05, 0) is 43.0 Å². The van der Waals surface area contributed by atoms with Gasteiger partial charge < -0.3 is 9.94 Å². The third-order valence-corrected chi connectivity index (χ3v) is 7.19. The lowest BCUT2D eigenvalue weighted by Gasteiger charge is -2.41. The molecule has 2 unspecified atom stereocenters. The summed E-state index contributed by atoms with van der Waals surface area (Å²) in [5.74, 6) is 0. The molecule has 1 aromatic carbocycles. The quantitative estimate of drug-likeness (QED) is 0.357. The predicted molar refractivity (Wildman–Crippen MR) is 120 cm³/mol. The molecule has 1 fully saturated rings. The molecule has 2 aliphatic rings. The van der Waals surface area contributed by atoms with Crippen molar-refractivity contribution in [2.24, 2.45) is 0 Å². The molecule has 2 aromatic heterocycles. The maximum atomic E-state index is 12.9. The molecule has 0 amide bonds. The van der Waals surface area contributed by atoms with Gasteiger partial charge in [0.05, 0.1) is 21.9 Å². The number of fused-ring (bicyclic) bond motifs is 2. The van der Waals surface area contributed by atoms with Gasteiger partial charge in [-0.1, -0.05) is 35.9 Å². The summed E-state index contributed by atoms with van der Waals surface area (Å²) in [6.07, 6.45) is -1.28. The zero-order chi connectivity index (χ0) is 24.1. The van der Waals surface area contributed by atoms with Gasteiger partial charge in [0.1, 0.15) is 0 Å². The van der Waals surface area contributed by atoms with E-state index in [2.05, 4.69) is 9.88 Å². The van der Waals surface area contributed by atoms with Crippen molar-refractivity contribution in [1.82, 2.24) is 9.88 Å². The summed E-state index contributed by atoms with van der Waals surface area (Å²) in [5.41, 5.74) is 1.78. The molecule has 3 aromatic rings. The van der Waals surface area contributed by atoms with E-state index in [0.717, 1.165) is 28.1 Å². The molecule has 2 atom stereocenters. The number of pyridine rings is 2. The topological polar surface area (TPSA) is 52.3 Å². The van der Waals surface area contributed by atoms with Crippen molar-refractivity contribution in [3.8, 4) is 0 Å². The molecule has 0 saturated carbocycles. The number of benzene rings is 1. The lowest BCUT2D eigenvalue weighted by molar-refractivity contribution is -0.618. The molecule has 34 heavy (non-hydrogen) atoms. The fourth-order valence-electron chi connectivity index (χ4n) is 5.05. The number of hydrogen-bond acceptors (Lipinski definition) is 4. The van der Waals surface area contributed by atoms with Crippen LogP contribution in [0, 0.1) is 5.21 Å². The molecule has 0 aliphatic carbocycles. The molecule has 0 bridgehead atoms. The standard InChI is InChI=1S/C25H23ClF3N3O2/c1-16(21-7-6-17(15-30-21)25(27,28)29)31-12-9-24(10-13-31)20-5-3-2-4-19(20)23(34-24)22-14-18(26)8-11-32(22)33/h2-8,11,14-16,23H,9-10,12-13H2,1H3. The second-order valence-electron chi connectivity index (χ2n) is 8.86. The van der Waals surface area contributed by atoms with Crippen LogP contribution >= 0.6 is 11.6 Å². The lowest BCUT2D eigenvalue weighted by atomic mass is 9.83. The van der Waals surface area contributed by atoms with Crippen LogP contribution in [0.1, 0.15) is 60.0 Å². The zero-order valence-electron chi connectivity index (χ0n) is 18.4. The molecule has 9 heteroatoms. The number of alkyl halides is 3. The van der Waals surface area contributed by atoms with Gasteiger partial charge in [0, 0.05) is 37.5 Å². The summed E-state index contributed by atoms with van der Waals surface area (Å²) in [6.45, 7) is 3.31. The van der Waals surface area contributed by atoms with Gasteiger partial charge >= 0.3 is 6.18 Å². The van der Waals surface area contributed by atoms with Gasteiger partial charge in [0.15, 0.2) is 12.3 Å². The Morgan fingerprint density at radius 3 is 2.59 bits per heavy atom. The number of piperidine rings is 1. The van der Waals surface area contributed by atoms with Crippen LogP contribution in [0.3, 0.4) is 0 Å². The average molecular weight is 490 g/mol. The van der Waals surface area contributed by atoms with Crippen LogP contribution in [0.15, 0.2) is 60.9 Å². The van der Waals surface area contributed by atoms with Gasteiger partial charge in [-0.15, -0.1) is 0 Å². The molecular weight excluding hydrogens is 467 g/mol. The van der Waals surface area contributed by atoms with Crippen LogP contribution in [-0.4, -0.2) is 23.0 Å². The first kappa shape index (κ1) is 23.1. The Kier molecular flexibility index (Phi) is 5.78. The van der Waals surface area contributed by atoms with Gasteiger partial charge in [-0.2, -0.15) is 17.9 Å². The van der Waals surface area contributed by atoms with E-state index in [1.807, 2.05) is 31.2 Å². The Bertz CT molecular complexity index is 1190. The van der Waals surface area contributed by atoms with Crippen LogP contribution < -0.4 is 4.73 Å². The Labute approximate surface area is 200 Å². The fourth-order valence-corrected chi connectivity index (χ4v) is 5.22. The molecule has 1 saturated heterocycles. The number of ether oxygens (including phenoxy) is 1. The summed E-state index contributed by atoms with van der Waals surface area (Å²) in [4.78, 5) is 6.27. The molecule has 5 rings (SSSR count). The minimum Gasteiger partial charge on any atom is -0.618 e. The second kappa shape index (κ2) is 8.52. The summed E-state index contributed by atoms with van der Waals surface area (Å²) in [6, 6.07) is 13.5. The fraction of sp³-hybridized carbons (Fsp3) is 0.360. The largest absolute Gasteiger partial charge is 0.618 e. The average Bonchev–Trinajstić information content (AvgIpc) is 3.14. The van der Waals surface area contributed by atoms with Crippen LogP contribution in [0.25, 0.3) is 0 Å². The minimum absolute atomic E-state index is 0.135. The summed E-state index contributed by atoms with van der Waals surface area (Å²) < 4.78 is 46.0. The minimum atomic E-state index is -4.40. The molecule has 0 radical (unpaired) electrons. The molecule has 178 valence electrons. The maximum Gasteiger partial charge on any atom is 0.417 e. The van der Waals surface area contributed by atoms with Crippen LogP contribution in [-0.2, 0) is 16.5 Å². The maximum absolute atomic E-state index is 12.9. The molecule has 0 N–H and O–H groups in total. The number of rotatable bonds is 3. The van der Waals surface area contributed by atoms with Gasteiger partial charge in [0.25, 0.3) is 0 Å². The second-order valence-corrected chi connectivity index (χ2v) is 9.29. The highest BCUT2D eigenvalue weighted by atomic mass is 35.5. The first-order chi connectivity index (χ1) is 16.2. The van der Waals surface area contributed by atoms with E-state index in [1.165, 1.54) is 12.3 Å². The van der Waals surface area contributed by atoms with E-state index in [-0.39, 0.29) is 6.04 Å². The molecular formula is C25H23ClF3N3O2. The number of hydrogen-bond donors (Lipinski definition) is 0. The summed E-state index contributed by atoms with van der Waals surface area (Å²) in [7, 11) is 0. The van der Waals surface area contributed by atoms with Crippen molar-refractivity contribution in [1.29, 1.82) is 0 Å².